The first kappa shape index (κ1) is 10.3. The van der Waals surface area contributed by atoms with E-state index in [1.54, 1.807) is 0 Å². The molecule has 0 radical (unpaired) electrons. The highest BCUT2D eigenvalue weighted by Crippen LogP contribution is 2.48. The van der Waals surface area contributed by atoms with Gasteiger partial charge < -0.3 is 5.32 Å². The topological polar surface area (TPSA) is 29.1 Å². The zero-order valence-corrected chi connectivity index (χ0v) is 10.4. The number of hydrogen-bond donors (Lipinski definition) is 1. The molecule has 1 saturated carbocycles. The fraction of sp³-hybridized carbons (Fsp3) is 0.500. The number of rotatable bonds is 4. The van der Waals surface area contributed by atoms with E-state index in [9.17, 15) is 4.79 Å². The lowest BCUT2D eigenvalue weighted by atomic mass is 10.00. The van der Waals surface area contributed by atoms with E-state index < -0.39 is 0 Å². The first-order valence-corrected chi connectivity index (χ1v) is 6.29. The molecule has 1 fully saturated rings. The van der Waals surface area contributed by atoms with Crippen molar-refractivity contribution in [2.45, 2.75) is 12.8 Å². The number of hydrogen-bond acceptors (Lipinski definition) is 3. The van der Waals surface area contributed by atoms with Crippen LogP contribution in [0, 0.1) is 5.41 Å². The minimum atomic E-state index is -0.0843. The molecule has 0 spiro atoms. The van der Waals surface area contributed by atoms with E-state index in [2.05, 4.69) is 21.2 Å². The normalized spacial score (nSPS) is 18.1. The van der Waals surface area contributed by atoms with Crippen LogP contribution >= 0.6 is 27.3 Å². The summed E-state index contributed by atoms with van der Waals surface area (Å²) in [5.41, 5.74) is -0.0843. The molecule has 1 N–H and O–H groups in total. The van der Waals surface area contributed by atoms with Crippen molar-refractivity contribution in [1.82, 2.24) is 5.32 Å². The lowest BCUT2D eigenvalue weighted by molar-refractivity contribution is 0.0904. The third-order valence-electron chi connectivity index (χ3n) is 2.64. The van der Waals surface area contributed by atoms with E-state index in [1.165, 1.54) is 11.3 Å². The van der Waals surface area contributed by atoms with Gasteiger partial charge >= 0.3 is 0 Å². The van der Waals surface area contributed by atoms with Crippen LogP contribution in [-0.4, -0.2) is 19.4 Å². The van der Waals surface area contributed by atoms with Crippen molar-refractivity contribution in [2.75, 3.05) is 13.6 Å². The number of thiophene rings is 1. The molecule has 1 aliphatic carbocycles. The van der Waals surface area contributed by atoms with Gasteiger partial charge in [-0.3, -0.25) is 4.79 Å². The minimum Gasteiger partial charge on any atom is -0.319 e. The van der Waals surface area contributed by atoms with Crippen molar-refractivity contribution in [2.24, 2.45) is 5.41 Å². The predicted octanol–water partition coefficient (Wildman–Crippen LogP) is 2.69. The van der Waals surface area contributed by atoms with Crippen molar-refractivity contribution in [3.05, 3.63) is 20.8 Å². The lowest BCUT2D eigenvalue weighted by Gasteiger charge is -2.11. The summed E-state index contributed by atoms with van der Waals surface area (Å²) < 4.78 is 1.01. The molecule has 0 amide bonds. The number of nitrogens with one attached hydrogen (secondary N) is 1. The lowest BCUT2D eigenvalue weighted by Crippen LogP contribution is -2.27. The summed E-state index contributed by atoms with van der Waals surface area (Å²) in [5, 5.41) is 5.06. The zero-order chi connectivity index (χ0) is 10.2. The van der Waals surface area contributed by atoms with Crippen LogP contribution in [-0.2, 0) is 0 Å². The van der Waals surface area contributed by atoms with Gasteiger partial charge in [-0.2, -0.15) is 0 Å². The Morgan fingerprint density at radius 1 is 1.71 bits per heavy atom. The van der Waals surface area contributed by atoms with Crippen molar-refractivity contribution in [3.63, 3.8) is 0 Å². The van der Waals surface area contributed by atoms with E-state index in [-0.39, 0.29) is 5.41 Å². The summed E-state index contributed by atoms with van der Waals surface area (Å²) in [6.45, 7) is 0.807. The molecule has 4 heteroatoms. The van der Waals surface area contributed by atoms with Gasteiger partial charge in [-0.15, -0.1) is 11.3 Å². The average Bonchev–Trinajstić information content (AvgIpc) is 2.81. The molecule has 1 aromatic heterocycles. The van der Waals surface area contributed by atoms with Crippen molar-refractivity contribution < 1.29 is 4.79 Å². The highest BCUT2D eigenvalue weighted by atomic mass is 79.9. The monoisotopic (exact) mass is 273 g/mol. The average molecular weight is 274 g/mol. The molecule has 14 heavy (non-hydrogen) atoms. The van der Waals surface area contributed by atoms with Gasteiger partial charge in [0.05, 0.1) is 4.88 Å². The Kier molecular flexibility index (Phi) is 2.77. The molecular weight excluding hydrogens is 262 g/mol. The van der Waals surface area contributed by atoms with Crippen LogP contribution in [0.15, 0.2) is 15.9 Å². The Morgan fingerprint density at radius 3 is 2.86 bits per heavy atom. The smallest absolute Gasteiger partial charge is 0.180 e. The van der Waals surface area contributed by atoms with Gasteiger partial charge in [0.2, 0.25) is 0 Å². The van der Waals surface area contributed by atoms with Crippen molar-refractivity contribution >= 4 is 33.0 Å². The maximum atomic E-state index is 12.1. The minimum absolute atomic E-state index is 0.0843. The van der Waals surface area contributed by atoms with Crippen LogP contribution < -0.4 is 5.32 Å². The van der Waals surface area contributed by atoms with E-state index in [4.69, 9.17) is 0 Å². The van der Waals surface area contributed by atoms with Gasteiger partial charge in [0.25, 0.3) is 0 Å². The van der Waals surface area contributed by atoms with Crippen LogP contribution in [0.4, 0.5) is 0 Å². The SMILES string of the molecule is CNCC1(C(=O)c2cc(Br)cs2)CC1. The first-order chi connectivity index (χ1) is 6.68. The van der Waals surface area contributed by atoms with E-state index >= 15 is 0 Å². The second-order valence-electron chi connectivity index (χ2n) is 3.77. The number of halogens is 1. The fourth-order valence-electron chi connectivity index (χ4n) is 1.67. The Hall–Kier alpha value is -0.190. The van der Waals surface area contributed by atoms with Gasteiger partial charge in [-0.25, -0.2) is 0 Å². The van der Waals surface area contributed by atoms with Crippen molar-refractivity contribution in [1.29, 1.82) is 0 Å². The highest BCUT2D eigenvalue weighted by molar-refractivity contribution is 9.10. The quantitative estimate of drug-likeness (QED) is 0.855. The molecule has 2 nitrogen and oxygen atoms in total. The zero-order valence-electron chi connectivity index (χ0n) is 7.97. The second-order valence-corrected chi connectivity index (χ2v) is 5.60. The Balaban J connectivity index is 2.16. The van der Waals surface area contributed by atoms with Crippen LogP contribution in [0.1, 0.15) is 22.5 Å². The van der Waals surface area contributed by atoms with E-state index in [1.807, 2.05) is 18.5 Å². The molecular formula is C10H12BrNOS. The van der Waals surface area contributed by atoms with Crippen LogP contribution in [0.5, 0.6) is 0 Å². The Labute approximate surface area is 95.8 Å². The van der Waals surface area contributed by atoms with Gasteiger partial charge in [0, 0.05) is 21.8 Å². The molecule has 0 unspecified atom stereocenters. The summed E-state index contributed by atoms with van der Waals surface area (Å²) in [6, 6.07) is 1.92. The van der Waals surface area contributed by atoms with Gasteiger partial charge in [-0.1, -0.05) is 0 Å². The third-order valence-corrected chi connectivity index (χ3v) is 4.33. The predicted molar refractivity (Wildman–Crippen MR) is 61.9 cm³/mol. The fourth-order valence-corrected chi connectivity index (χ4v) is 3.15. The van der Waals surface area contributed by atoms with Crippen LogP contribution in [0.3, 0.4) is 0 Å². The molecule has 0 aromatic carbocycles. The van der Waals surface area contributed by atoms with Gasteiger partial charge in [-0.05, 0) is 41.9 Å². The molecule has 1 aromatic rings. The van der Waals surface area contributed by atoms with Crippen LogP contribution in [0.2, 0.25) is 0 Å². The van der Waals surface area contributed by atoms with E-state index in [0.29, 0.717) is 5.78 Å². The molecule has 1 aliphatic rings. The standard InChI is InChI=1S/C10H12BrNOS/c1-12-6-10(2-3-10)9(13)8-4-7(11)5-14-8/h4-5,12H,2-3,6H2,1H3. The number of carbonyl (C=O) groups excluding carboxylic acids is 1. The number of carbonyl (C=O) groups is 1. The maximum absolute atomic E-state index is 12.1. The molecule has 76 valence electrons. The molecule has 0 atom stereocenters. The summed E-state index contributed by atoms with van der Waals surface area (Å²) in [5.74, 6) is 0.308. The summed E-state index contributed by atoms with van der Waals surface area (Å²) >= 11 is 4.90. The Bertz CT molecular complexity index is 357. The molecule has 0 aliphatic heterocycles. The van der Waals surface area contributed by atoms with Crippen LogP contribution in [0.25, 0.3) is 0 Å². The number of ketones is 1. The van der Waals surface area contributed by atoms with E-state index in [0.717, 1.165) is 28.7 Å². The largest absolute Gasteiger partial charge is 0.319 e. The van der Waals surface area contributed by atoms with Gasteiger partial charge in [0.1, 0.15) is 0 Å². The van der Waals surface area contributed by atoms with Crippen molar-refractivity contribution in [3.8, 4) is 0 Å². The Morgan fingerprint density at radius 2 is 2.43 bits per heavy atom. The summed E-state index contributed by atoms with van der Waals surface area (Å²) in [7, 11) is 1.90. The molecule has 1 heterocycles. The second kappa shape index (κ2) is 3.76. The highest BCUT2D eigenvalue weighted by Gasteiger charge is 2.49. The van der Waals surface area contributed by atoms with Gasteiger partial charge in [0.15, 0.2) is 5.78 Å². The maximum Gasteiger partial charge on any atom is 0.180 e. The third kappa shape index (κ3) is 1.78. The molecule has 0 saturated heterocycles. The summed E-state index contributed by atoms with van der Waals surface area (Å²) in [4.78, 5) is 13.0. The molecule has 2 rings (SSSR count). The number of Topliss-reactive ketones (excluding diaryl/α,β-unsaturated/α-hetero) is 1. The summed E-state index contributed by atoms with van der Waals surface area (Å²) in [6.07, 6.45) is 2.06. The molecule has 0 bridgehead atoms. The first-order valence-electron chi connectivity index (χ1n) is 4.61.